The molecule has 0 aromatic heterocycles. The van der Waals surface area contributed by atoms with E-state index in [1.807, 2.05) is 0 Å². The van der Waals surface area contributed by atoms with Crippen LogP contribution in [0.1, 0.15) is 26.3 Å². The zero-order chi connectivity index (χ0) is 19.9. The van der Waals surface area contributed by atoms with Crippen LogP contribution >= 0.6 is 11.6 Å². The average molecular weight is 397 g/mol. The summed E-state index contributed by atoms with van der Waals surface area (Å²) in [4.78, 5) is 35.3. The number of carbonyl (C=O) groups is 2. The number of fused-ring (bicyclic) bond motifs is 1. The molecule has 0 atom stereocenters. The van der Waals surface area contributed by atoms with Crippen molar-refractivity contribution in [2.24, 2.45) is 0 Å². The second kappa shape index (κ2) is 6.51. The third kappa shape index (κ3) is 3.28. The van der Waals surface area contributed by atoms with Crippen molar-refractivity contribution in [1.29, 1.82) is 0 Å². The third-order valence-electron chi connectivity index (χ3n) is 3.84. The van der Waals surface area contributed by atoms with Crippen molar-refractivity contribution in [2.75, 3.05) is 5.32 Å². The molecule has 0 bridgehead atoms. The molecule has 138 valence electrons. The van der Waals surface area contributed by atoms with Crippen molar-refractivity contribution in [3.63, 3.8) is 0 Å². The van der Waals surface area contributed by atoms with E-state index in [9.17, 15) is 32.9 Å². The van der Waals surface area contributed by atoms with Crippen LogP contribution in [0.3, 0.4) is 0 Å². The maximum atomic E-state index is 12.6. The fourth-order valence-electron chi connectivity index (χ4n) is 2.58. The van der Waals surface area contributed by atoms with Crippen molar-refractivity contribution < 1.29 is 27.7 Å². The summed E-state index contributed by atoms with van der Waals surface area (Å²) in [6, 6.07) is 7.29. The maximum Gasteiger partial charge on any atom is 0.416 e. The van der Waals surface area contributed by atoms with Crippen molar-refractivity contribution >= 4 is 34.5 Å². The van der Waals surface area contributed by atoms with Crippen molar-refractivity contribution in [2.45, 2.75) is 6.18 Å². The highest BCUT2D eigenvalue weighted by atomic mass is 35.5. The Morgan fingerprint density at radius 1 is 1.00 bits per heavy atom. The highest BCUT2D eigenvalue weighted by Gasteiger charge is 2.37. The second-order valence-electron chi connectivity index (χ2n) is 5.50. The van der Waals surface area contributed by atoms with Crippen LogP contribution < -0.4 is 5.32 Å². The lowest BCUT2D eigenvalue weighted by Crippen LogP contribution is -2.25. The summed E-state index contributed by atoms with van der Waals surface area (Å²) in [6.07, 6.45) is -4.52. The number of alkyl halides is 3. The lowest BCUT2D eigenvalue weighted by atomic mass is 9.91. The molecule has 27 heavy (non-hydrogen) atoms. The first-order chi connectivity index (χ1) is 12.6. The highest BCUT2D eigenvalue weighted by Crippen LogP contribution is 2.35. The van der Waals surface area contributed by atoms with Crippen LogP contribution in [-0.2, 0) is 6.18 Å². The molecule has 0 aliphatic heterocycles. The first kappa shape index (κ1) is 18.6. The minimum atomic E-state index is -4.52. The lowest BCUT2D eigenvalue weighted by Gasteiger charge is -2.19. The van der Waals surface area contributed by atoms with E-state index in [0.717, 1.165) is 30.3 Å². The van der Waals surface area contributed by atoms with Gasteiger partial charge in [-0.25, -0.2) is 0 Å². The summed E-state index contributed by atoms with van der Waals surface area (Å²) < 4.78 is 37.9. The Morgan fingerprint density at radius 2 is 1.63 bits per heavy atom. The Hall–Kier alpha value is -3.20. The summed E-state index contributed by atoms with van der Waals surface area (Å²) in [7, 11) is 0. The van der Waals surface area contributed by atoms with Gasteiger partial charge in [0.15, 0.2) is 0 Å². The van der Waals surface area contributed by atoms with E-state index in [4.69, 9.17) is 11.6 Å². The molecule has 1 aliphatic rings. The van der Waals surface area contributed by atoms with E-state index >= 15 is 0 Å². The number of benzene rings is 2. The first-order valence-corrected chi connectivity index (χ1v) is 7.70. The van der Waals surface area contributed by atoms with Crippen LogP contribution in [0.5, 0.6) is 0 Å². The van der Waals surface area contributed by atoms with Gasteiger partial charge in [0.1, 0.15) is 16.3 Å². The smallest absolute Gasteiger partial charge is 0.351 e. The van der Waals surface area contributed by atoms with Crippen LogP contribution in [-0.4, -0.2) is 16.5 Å². The molecule has 0 fully saturated rings. The number of hydrogen-bond donors (Lipinski definition) is 1. The standard InChI is InChI=1S/C17H8ClF3N2O4/c18-13-14(22-9-6-4-8(5-7-9)17(19,20)21)15(24)10-2-1-3-11(23(26)27)12(10)16(13)25/h1-7,22H. The fraction of sp³-hybridized carbons (Fsp3) is 0.0588. The van der Waals surface area contributed by atoms with Gasteiger partial charge in [0.2, 0.25) is 11.6 Å². The predicted octanol–water partition coefficient (Wildman–Crippen LogP) is 4.56. The molecule has 2 aromatic rings. The summed E-state index contributed by atoms with van der Waals surface area (Å²) in [6.45, 7) is 0. The largest absolute Gasteiger partial charge is 0.416 e. The topological polar surface area (TPSA) is 89.3 Å². The van der Waals surface area contributed by atoms with E-state index in [1.54, 1.807) is 0 Å². The van der Waals surface area contributed by atoms with Crippen LogP contribution in [0.15, 0.2) is 53.2 Å². The minimum absolute atomic E-state index is 0.0891. The van der Waals surface area contributed by atoms with E-state index in [2.05, 4.69) is 5.32 Å². The van der Waals surface area contributed by atoms with Crippen LogP contribution in [0.2, 0.25) is 0 Å². The Bertz CT molecular complexity index is 1010. The molecule has 0 unspecified atom stereocenters. The van der Waals surface area contributed by atoms with Gasteiger partial charge in [0.25, 0.3) is 5.69 Å². The van der Waals surface area contributed by atoms with Crippen LogP contribution in [0.4, 0.5) is 24.5 Å². The third-order valence-corrected chi connectivity index (χ3v) is 4.20. The number of nitro groups is 1. The summed E-state index contributed by atoms with van der Waals surface area (Å²) in [5.41, 5.74) is -2.36. The second-order valence-corrected chi connectivity index (χ2v) is 5.88. The number of carbonyl (C=O) groups excluding carboxylic acids is 2. The number of nitro benzene ring substituents is 1. The molecule has 2 aromatic carbocycles. The Labute approximate surface area is 154 Å². The van der Waals surface area contributed by atoms with Gasteiger partial charge < -0.3 is 5.32 Å². The average Bonchev–Trinajstić information content (AvgIpc) is 2.62. The number of rotatable bonds is 3. The monoisotopic (exact) mass is 396 g/mol. The van der Waals surface area contributed by atoms with E-state index in [0.29, 0.717) is 0 Å². The van der Waals surface area contributed by atoms with Gasteiger partial charge in [0, 0.05) is 17.3 Å². The molecule has 0 radical (unpaired) electrons. The molecule has 0 saturated heterocycles. The van der Waals surface area contributed by atoms with E-state index in [-0.39, 0.29) is 16.9 Å². The predicted molar refractivity (Wildman–Crippen MR) is 89.7 cm³/mol. The molecule has 0 saturated carbocycles. The molecule has 3 rings (SSSR count). The van der Waals surface area contributed by atoms with Crippen LogP contribution in [0.25, 0.3) is 0 Å². The number of nitrogens with zero attached hydrogens (tertiary/aromatic N) is 1. The van der Waals surface area contributed by atoms with Gasteiger partial charge in [-0.1, -0.05) is 17.7 Å². The molecule has 1 aliphatic carbocycles. The lowest BCUT2D eigenvalue weighted by molar-refractivity contribution is -0.385. The van der Waals surface area contributed by atoms with Gasteiger partial charge in [-0.05, 0) is 30.3 Å². The molecular formula is C17H8ClF3N2O4. The highest BCUT2D eigenvalue weighted by molar-refractivity contribution is 6.50. The van der Waals surface area contributed by atoms with Gasteiger partial charge in [-0.3, -0.25) is 19.7 Å². The Kier molecular flexibility index (Phi) is 4.48. The zero-order valence-corrected chi connectivity index (χ0v) is 13.9. The molecule has 1 N–H and O–H groups in total. The Morgan fingerprint density at radius 3 is 2.19 bits per heavy atom. The number of Topliss-reactive ketones (excluding diaryl/α,β-unsaturated/α-hetero) is 2. The van der Waals surface area contributed by atoms with Gasteiger partial charge in [-0.15, -0.1) is 0 Å². The molecule has 10 heteroatoms. The molecule has 6 nitrogen and oxygen atoms in total. The van der Waals surface area contributed by atoms with E-state index in [1.165, 1.54) is 12.1 Å². The van der Waals surface area contributed by atoms with Crippen LogP contribution in [0, 0.1) is 10.1 Å². The summed E-state index contributed by atoms with van der Waals surface area (Å²) >= 11 is 5.93. The van der Waals surface area contributed by atoms with Gasteiger partial charge in [0.05, 0.1) is 10.5 Å². The maximum absolute atomic E-state index is 12.6. The number of anilines is 1. The number of allylic oxidation sites excluding steroid dienone is 2. The van der Waals surface area contributed by atoms with E-state index < -0.39 is 44.5 Å². The fourth-order valence-corrected chi connectivity index (χ4v) is 2.80. The molecule has 0 spiro atoms. The van der Waals surface area contributed by atoms with Gasteiger partial charge >= 0.3 is 6.18 Å². The number of hydrogen-bond acceptors (Lipinski definition) is 5. The number of nitrogens with one attached hydrogen (secondary N) is 1. The molecule has 0 amide bonds. The summed E-state index contributed by atoms with van der Waals surface area (Å²) in [5, 5.41) is 13.0. The van der Waals surface area contributed by atoms with Gasteiger partial charge in [-0.2, -0.15) is 13.2 Å². The zero-order valence-electron chi connectivity index (χ0n) is 13.1. The number of ketones is 2. The van der Waals surface area contributed by atoms with Crippen molar-refractivity contribution in [3.05, 3.63) is 80.0 Å². The van der Waals surface area contributed by atoms with Crippen molar-refractivity contribution in [3.8, 4) is 0 Å². The summed E-state index contributed by atoms with van der Waals surface area (Å²) in [5.74, 6) is -1.70. The number of halogens is 4. The quantitative estimate of drug-likeness (QED) is 0.607. The normalized spacial score (nSPS) is 14.2. The molecule has 0 heterocycles. The first-order valence-electron chi connectivity index (χ1n) is 7.32. The van der Waals surface area contributed by atoms with Crippen molar-refractivity contribution in [1.82, 2.24) is 0 Å². The molecular weight excluding hydrogens is 389 g/mol. The minimum Gasteiger partial charge on any atom is -0.351 e. The Balaban J connectivity index is 2.00. The SMILES string of the molecule is O=C1C(Nc2ccc(C(F)(F)F)cc2)=C(Cl)C(=O)c2c1cccc2[N+](=O)[O-].